The van der Waals surface area contributed by atoms with Crippen LogP contribution in [0.15, 0.2) is 28.9 Å². The molecule has 0 fully saturated rings. The van der Waals surface area contributed by atoms with Crippen LogP contribution in [-0.4, -0.2) is 36.2 Å². The number of rotatable bonds is 3. The number of nitrogens with zero attached hydrogens (tertiary/aromatic N) is 1. The second-order valence-corrected chi connectivity index (χ2v) is 7.15. The summed E-state index contributed by atoms with van der Waals surface area (Å²) in [5.41, 5.74) is 1.74. The van der Waals surface area contributed by atoms with Gasteiger partial charge in [0.25, 0.3) is 5.91 Å². The smallest absolute Gasteiger partial charge is 0.410 e. The Balaban J connectivity index is 1.53. The van der Waals surface area contributed by atoms with E-state index in [0.29, 0.717) is 31.7 Å². The van der Waals surface area contributed by atoms with E-state index in [4.69, 9.17) is 9.15 Å². The minimum Gasteiger partial charge on any atom is -0.465 e. The van der Waals surface area contributed by atoms with Gasteiger partial charge in [0.15, 0.2) is 0 Å². The van der Waals surface area contributed by atoms with E-state index in [0.717, 1.165) is 21.2 Å². The first-order valence-electron chi connectivity index (χ1n) is 8.51. The van der Waals surface area contributed by atoms with Gasteiger partial charge in [-0.2, -0.15) is 0 Å². The molecule has 26 heavy (non-hydrogen) atoms. The average Bonchev–Trinajstić information content (AvgIpc) is 3.26. The highest BCUT2D eigenvalue weighted by Gasteiger charge is 2.33. The van der Waals surface area contributed by atoms with Crippen LogP contribution < -0.4 is 10.6 Å². The third kappa shape index (κ3) is 3.08. The van der Waals surface area contributed by atoms with Crippen molar-refractivity contribution in [3.8, 4) is 0 Å². The summed E-state index contributed by atoms with van der Waals surface area (Å²) in [5, 5.41) is 7.13. The van der Waals surface area contributed by atoms with Gasteiger partial charge in [0, 0.05) is 11.4 Å². The molecule has 1 atom stereocenters. The van der Waals surface area contributed by atoms with Crippen LogP contribution in [0.4, 0.5) is 9.80 Å². The summed E-state index contributed by atoms with van der Waals surface area (Å²) in [7, 11) is 0. The Hall–Kier alpha value is -2.74. The second-order valence-electron chi connectivity index (χ2n) is 6.05. The Morgan fingerprint density at radius 2 is 2.38 bits per heavy atom. The zero-order valence-electron chi connectivity index (χ0n) is 14.3. The molecule has 2 amide bonds. The minimum absolute atomic E-state index is 0.0880. The molecule has 2 aliphatic rings. The number of amides is 2. The molecule has 136 valence electrons. The molecule has 0 bridgehead atoms. The first-order chi connectivity index (χ1) is 12.7. The summed E-state index contributed by atoms with van der Waals surface area (Å²) in [4.78, 5) is 27.3. The van der Waals surface area contributed by atoms with Gasteiger partial charge in [0.1, 0.15) is 16.9 Å². The Labute approximate surface area is 154 Å². The molecule has 0 aromatic carbocycles. The van der Waals surface area contributed by atoms with Gasteiger partial charge in [-0.1, -0.05) is 0 Å². The summed E-state index contributed by atoms with van der Waals surface area (Å²) < 4.78 is 10.3. The lowest BCUT2D eigenvalue weighted by molar-refractivity contribution is 0.0941. The number of hydrogen-bond acceptors (Lipinski definition) is 6. The number of fused-ring (bicyclic) bond motifs is 3. The number of nitrogens with one attached hydrogen (secondary N) is 2. The largest absolute Gasteiger partial charge is 0.465 e. The molecule has 2 aromatic rings. The quantitative estimate of drug-likeness (QED) is 0.864. The Bertz CT molecular complexity index is 856. The molecule has 0 saturated heterocycles. The van der Waals surface area contributed by atoms with Crippen LogP contribution in [0.1, 0.15) is 33.5 Å². The van der Waals surface area contributed by atoms with Crippen LogP contribution in [-0.2, 0) is 17.7 Å². The first kappa shape index (κ1) is 16.7. The molecule has 0 aliphatic carbocycles. The summed E-state index contributed by atoms with van der Waals surface area (Å²) >= 11 is 1.53. The molecule has 8 heteroatoms. The van der Waals surface area contributed by atoms with Crippen molar-refractivity contribution in [2.75, 3.05) is 18.5 Å². The summed E-state index contributed by atoms with van der Waals surface area (Å²) in [6, 6.07) is 3.66. The highest BCUT2D eigenvalue weighted by atomic mass is 32.1. The highest BCUT2D eigenvalue weighted by Crippen LogP contribution is 2.39. The summed E-state index contributed by atoms with van der Waals surface area (Å²) in [6.45, 7) is 3.19. The molecule has 0 saturated carbocycles. The fourth-order valence-electron chi connectivity index (χ4n) is 3.18. The van der Waals surface area contributed by atoms with Crippen LogP contribution in [0.5, 0.6) is 0 Å². The first-order valence-corrected chi connectivity index (χ1v) is 9.32. The maximum absolute atomic E-state index is 12.6. The third-order valence-corrected chi connectivity index (χ3v) is 5.53. The Morgan fingerprint density at radius 1 is 1.50 bits per heavy atom. The maximum Gasteiger partial charge on any atom is 0.410 e. The van der Waals surface area contributed by atoms with Crippen LogP contribution in [0, 0.1) is 0 Å². The lowest BCUT2D eigenvalue weighted by Gasteiger charge is -2.27. The van der Waals surface area contributed by atoms with E-state index in [2.05, 4.69) is 10.6 Å². The van der Waals surface area contributed by atoms with Gasteiger partial charge in [0.2, 0.25) is 0 Å². The van der Waals surface area contributed by atoms with Crippen molar-refractivity contribution in [1.29, 1.82) is 0 Å². The number of furan rings is 1. The van der Waals surface area contributed by atoms with E-state index in [1.807, 2.05) is 24.3 Å². The van der Waals surface area contributed by atoms with Gasteiger partial charge in [-0.25, -0.2) is 4.79 Å². The minimum atomic E-state index is -0.304. The number of carbonyl (C=O) groups excluding carboxylic acids is 2. The van der Waals surface area contributed by atoms with E-state index in [9.17, 15) is 9.59 Å². The predicted molar refractivity (Wildman–Crippen MR) is 98.1 cm³/mol. The molecule has 0 spiro atoms. The van der Waals surface area contributed by atoms with Gasteiger partial charge in [-0.05, 0) is 43.2 Å². The van der Waals surface area contributed by atoms with Crippen LogP contribution in [0.25, 0.3) is 6.08 Å². The van der Waals surface area contributed by atoms with Crippen molar-refractivity contribution in [3.63, 3.8) is 0 Å². The fourth-order valence-corrected chi connectivity index (χ4v) is 4.48. The van der Waals surface area contributed by atoms with Crippen molar-refractivity contribution < 1.29 is 18.7 Å². The molecular formula is C18H19N3O4S. The molecule has 0 unspecified atom stereocenters. The molecule has 2 N–H and O–H groups in total. The van der Waals surface area contributed by atoms with Crippen molar-refractivity contribution in [1.82, 2.24) is 10.2 Å². The number of carbonyl (C=O) groups is 2. The third-order valence-electron chi connectivity index (χ3n) is 4.38. The normalized spacial score (nSPS) is 18.9. The molecule has 7 nitrogen and oxygen atoms in total. The van der Waals surface area contributed by atoms with Crippen LogP contribution >= 0.6 is 11.3 Å². The summed E-state index contributed by atoms with van der Waals surface area (Å²) in [5.74, 6) is 0.636. The molecule has 2 aromatic heterocycles. The number of anilines is 1. The Morgan fingerprint density at radius 3 is 3.15 bits per heavy atom. The number of thiophene rings is 1. The molecule has 2 aliphatic heterocycles. The van der Waals surface area contributed by atoms with Gasteiger partial charge in [-0.15, -0.1) is 11.3 Å². The predicted octanol–water partition coefficient (Wildman–Crippen LogP) is 3.05. The van der Waals surface area contributed by atoms with Crippen molar-refractivity contribution in [2.45, 2.75) is 26.1 Å². The monoisotopic (exact) mass is 373 g/mol. The highest BCUT2D eigenvalue weighted by molar-refractivity contribution is 7.16. The van der Waals surface area contributed by atoms with Crippen molar-refractivity contribution in [2.24, 2.45) is 0 Å². The zero-order valence-corrected chi connectivity index (χ0v) is 15.1. The zero-order chi connectivity index (χ0) is 18.1. The van der Waals surface area contributed by atoms with E-state index in [1.54, 1.807) is 18.1 Å². The SMILES string of the molecule is CCOC(=O)N1CCc2c(sc3c2C(=O)N[C@@H](/C=C/c2ccco2)N3)C1. The summed E-state index contributed by atoms with van der Waals surface area (Å²) in [6.07, 6.45) is 5.32. The fraction of sp³-hybridized carbons (Fsp3) is 0.333. The van der Waals surface area contributed by atoms with E-state index in [1.165, 1.54) is 11.3 Å². The van der Waals surface area contributed by atoms with Gasteiger partial charge in [-0.3, -0.25) is 4.79 Å². The molecular weight excluding hydrogens is 354 g/mol. The molecule has 4 heterocycles. The van der Waals surface area contributed by atoms with Crippen molar-refractivity contribution >= 4 is 34.4 Å². The van der Waals surface area contributed by atoms with Gasteiger partial charge >= 0.3 is 6.09 Å². The standard InChI is InChI=1S/C18H19N3O4S/c1-2-24-18(23)21-8-7-12-13(10-21)26-17-15(12)16(22)19-14(20-17)6-5-11-4-3-9-25-11/h3-6,9,14,20H,2,7-8,10H2,1H3,(H,19,22)/b6-5+/t14-/m1/s1. The second kappa shape index (κ2) is 6.87. The van der Waals surface area contributed by atoms with Gasteiger partial charge in [0.05, 0.1) is 25.0 Å². The van der Waals surface area contributed by atoms with Crippen molar-refractivity contribution in [3.05, 3.63) is 46.2 Å². The van der Waals surface area contributed by atoms with Crippen LogP contribution in [0.3, 0.4) is 0 Å². The Kier molecular flexibility index (Phi) is 4.42. The lowest BCUT2D eigenvalue weighted by atomic mass is 10.0. The van der Waals surface area contributed by atoms with E-state index < -0.39 is 0 Å². The molecule has 0 radical (unpaired) electrons. The number of ether oxygens (including phenoxy) is 1. The van der Waals surface area contributed by atoms with Crippen LogP contribution in [0.2, 0.25) is 0 Å². The average molecular weight is 373 g/mol. The number of hydrogen-bond donors (Lipinski definition) is 2. The van der Waals surface area contributed by atoms with E-state index >= 15 is 0 Å². The maximum atomic E-state index is 12.6. The lowest BCUT2D eigenvalue weighted by Crippen LogP contribution is -2.43. The topological polar surface area (TPSA) is 83.8 Å². The van der Waals surface area contributed by atoms with E-state index in [-0.39, 0.29) is 18.2 Å². The molecule has 4 rings (SSSR count). The van der Waals surface area contributed by atoms with Gasteiger partial charge < -0.3 is 24.7 Å².